The summed E-state index contributed by atoms with van der Waals surface area (Å²) in [6.07, 6.45) is 0. The third-order valence-corrected chi connectivity index (χ3v) is 5.44. The molecule has 2 aromatic heterocycles. The van der Waals surface area contributed by atoms with E-state index in [9.17, 15) is 0 Å². The van der Waals surface area contributed by atoms with Crippen LogP contribution in [0.4, 0.5) is 5.82 Å². The molecule has 0 unspecified atom stereocenters. The lowest BCUT2D eigenvalue weighted by Gasteiger charge is -2.36. The molecule has 0 atom stereocenters. The second kappa shape index (κ2) is 7.87. The molecular formula is C23H29N5O. The Balaban J connectivity index is 1.75. The van der Waals surface area contributed by atoms with Crippen molar-refractivity contribution in [2.45, 2.75) is 20.8 Å². The minimum Gasteiger partial charge on any atom is -0.496 e. The van der Waals surface area contributed by atoms with Gasteiger partial charge in [-0.15, -0.1) is 0 Å². The molecule has 1 fully saturated rings. The van der Waals surface area contributed by atoms with E-state index >= 15 is 0 Å². The summed E-state index contributed by atoms with van der Waals surface area (Å²) in [4.78, 5) is 9.72. The van der Waals surface area contributed by atoms with Crippen LogP contribution in [0.25, 0.3) is 16.8 Å². The molecule has 0 spiro atoms. The lowest BCUT2D eigenvalue weighted by molar-refractivity contribution is 0.277. The highest BCUT2D eigenvalue weighted by Gasteiger charge is 2.23. The van der Waals surface area contributed by atoms with Crippen molar-refractivity contribution in [3.8, 4) is 16.9 Å². The third-order valence-electron chi connectivity index (χ3n) is 5.44. The first-order valence-corrected chi connectivity index (χ1v) is 10.1. The predicted octanol–water partition coefficient (Wildman–Crippen LogP) is 3.72. The Morgan fingerprint density at radius 1 is 1.14 bits per heavy atom. The normalized spacial score (nSPS) is 15.1. The van der Waals surface area contributed by atoms with Gasteiger partial charge in [0.2, 0.25) is 0 Å². The maximum atomic E-state index is 5.61. The van der Waals surface area contributed by atoms with Crippen LogP contribution in [0.15, 0.2) is 42.5 Å². The zero-order valence-electron chi connectivity index (χ0n) is 17.8. The van der Waals surface area contributed by atoms with Crippen LogP contribution in [-0.4, -0.2) is 59.3 Å². The largest absolute Gasteiger partial charge is 0.496 e. The van der Waals surface area contributed by atoms with Crippen molar-refractivity contribution < 1.29 is 4.74 Å². The fourth-order valence-corrected chi connectivity index (χ4v) is 4.13. The first-order chi connectivity index (χ1) is 14.0. The highest BCUT2D eigenvalue weighted by Crippen LogP contribution is 2.36. The van der Waals surface area contributed by atoms with Gasteiger partial charge in [-0.2, -0.15) is 9.61 Å². The van der Waals surface area contributed by atoms with Crippen molar-refractivity contribution in [3.05, 3.63) is 53.9 Å². The Kier molecular flexibility index (Phi) is 5.28. The number of methoxy groups -OCH3 is 1. The molecule has 6 heteroatoms. The van der Waals surface area contributed by atoms with E-state index < -0.39 is 0 Å². The standard InChI is InChI=1S/C23H29N5O/c1-16(2)15-26-10-12-27(13-11-26)21-14-17(3)24-23-22(18(4)25-28(21)23)19-8-6-7-9-20(19)29-5/h6-9,14H,1,10-13,15H2,2-5H3. The molecule has 1 aliphatic heterocycles. The van der Waals surface area contributed by atoms with E-state index in [-0.39, 0.29) is 0 Å². The number of aromatic nitrogens is 3. The Labute approximate surface area is 172 Å². The second-order valence-corrected chi connectivity index (χ2v) is 7.87. The Hall–Kier alpha value is -2.86. The van der Waals surface area contributed by atoms with E-state index in [1.54, 1.807) is 7.11 Å². The number of fused-ring (bicyclic) bond motifs is 1. The lowest BCUT2D eigenvalue weighted by atomic mass is 10.1. The molecule has 3 heterocycles. The van der Waals surface area contributed by atoms with Gasteiger partial charge in [0.1, 0.15) is 11.6 Å². The van der Waals surface area contributed by atoms with Crippen LogP contribution in [0.2, 0.25) is 0 Å². The summed E-state index contributed by atoms with van der Waals surface area (Å²) in [5.41, 5.74) is 6.10. The number of anilines is 1. The minimum absolute atomic E-state index is 0.837. The van der Waals surface area contributed by atoms with Gasteiger partial charge in [-0.05, 0) is 26.8 Å². The van der Waals surface area contributed by atoms with Crippen LogP contribution >= 0.6 is 0 Å². The lowest BCUT2D eigenvalue weighted by Crippen LogP contribution is -2.47. The highest BCUT2D eigenvalue weighted by molar-refractivity contribution is 5.84. The number of aryl methyl sites for hydroxylation is 2. The summed E-state index contributed by atoms with van der Waals surface area (Å²) in [6.45, 7) is 15.2. The molecule has 0 bridgehead atoms. The monoisotopic (exact) mass is 391 g/mol. The number of hydrogen-bond donors (Lipinski definition) is 0. The maximum Gasteiger partial charge on any atom is 0.165 e. The molecule has 29 heavy (non-hydrogen) atoms. The molecule has 0 radical (unpaired) electrons. The van der Waals surface area contributed by atoms with Gasteiger partial charge in [-0.3, -0.25) is 4.90 Å². The minimum atomic E-state index is 0.837. The molecule has 0 amide bonds. The van der Waals surface area contributed by atoms with Gasteiger partial charge < -0.3 is 9.64 Å². The number of hydrogen-bond acceptors (Lipinski definition) is 5. The van der Waals surface area contributed by atoms with Gasteiger partial charge >= 0.3 is 0 Å². The number of piperazine rings is 1. The summed E-state index contributed by atoms with van der Waals surface area (Å²) < 4.78 is 7.60. The third kappa shape index (κ3) is 3.72. The van der Waals surface area contributed by atoms with Crippen LogP contribution in [-0.2, 0) is 0 Å². The molecule has 0 N–H and O–H groups in total. The Bertz CT molecular complexity index is 1050. The number of benzene rings is 1. The number of nitrogens with zero attached hydrogens (tertiary/aromatic N) is 5. The molecule has 1 aliphatic rings. The van der Waals surface area contributed by atoms with E-state index in [0.29, 0.717) is 0 Å². The van der Waals surface area contributed by atoms with Crippen molar-refractivity contribution in [2.24, 2.45) is 0 Å². The van der Waals surface area contributed by atoms with Crippen LogP contribution in [0, 0.1) is 13.8 Å². The van der Waals surface area contributed by atoms with Gasteiger partial charge in [-0.1, -0.05) is 30.4 Å². The summed E-state index contributed by atoms with van der Waals surface area (Å²) in [5, 5.41) is 4.88. The van der Waals surface area contributed by atoms with Gasteiger partial charge in [0.05, 0.1) is 18.4 Å². The zero-order chi connectivity index (χ0) is 20.5. The van der Waals surface area contributed by atoms with Crippen LogP contribution in [0.5, 0.6) is 5.75 Å². The van der Waals surface area contributed by atoms with Crippen molar-refractivity contribution in [3.63, 3.8) is 0 Å². The average molecular weight is 392 g/mol. The Morgan fingerprint density at radius 3 is 2.55 bits per heavy atom. The zero-order valence-corrected chi connectivity index (χ0v) is 17.8. The molecule has 6 nitrogen and oxygen atoms in total. The summed E-state index contributed by atoms with van der Waals surface area (Å²) in [5.74, 6) is 1.94. The first-order valence-electron chi connectivity index (χ1n) is 10.1. The van der Waals surface area contributed by atoms with Crippen molar-refractivity contribution in [1.29, 1.82) is 0 Å². The molecule has 152 valence electrons. The van der Waals surface area contributed by atoms with Crippen molar-refractivity contribution in [2.75, 3.05) is 44.7 Å². The predicted molar refractivity (Wildman–Crippen MR) is 118 cm³/mol. The molecule has 0 aliphatic carbocycles. The molecular weight excluding hydrogens is 362 g/mol. The topological polar surface area (TPSA) is 45.9 Å². The first kappa shape index (κ1) is 19.5. The van der Waals surface area contributed by atoms with E-state index in [1.165, 1.54) is 5.57 Å². The van der Waals surface area contributed by atoms with E-state index in [4.69, 9.17) is 14.8 Å². The van der Waals surface area contributed by atoms with E-state index in [0.717, 1.165) is 72.5 Å². The fraction of sp³-hybridized carbons (Fsp3) is 0.391. The summed E-state index contributed by atoms with van der Waals surface area (Å²) >= 11 is 0. The summed E-state index contributed by atoms with van der Waals surface area (Å²) in [7, 11) is 1.70. The van der Waals surface area contributed by atoms with E-state index in [1.807, 2.05) is 29.6 Å². The van der Waals surface area contributed by atoms with Gasteiger partial charge in [-0.25, -0.2) is 4.98 Å². The second-order valence-electron chi connectivity index (χ2n) is 7.87. The van der Waals surface area contributed by atoms with Gasteiger partial charge in [0.15, 0.2) is 5.65 Å². The average Bonchev–Trinajstić information content (AvgIpc) is 3.03. The summed E-state index contributed by atoms with van der Waals surface area (Å²) in [6, 6.07) is 10.2. The number of rotatable bonds is 5. The van der Waals surface area contributed by atoms with Crippen molar-refractivity contribution in [1.82, 2.24) is 19.5 Å². The van der Waals surface area contributed by atoms with E-state index in [2.05, 4.69) is 42.4 Å². The fourth-order valence-electron chi connectivity index (χ4n) is 4.13. The molecule has 3 aromatic rings. The quantitative estimate of drug-likeness (QED) is 0.621. The smallest absolute Gasteiger partial charge is 0.165 e. The maximum absolute atomic E-state index is 5.61. The molecule has 1 saturated heterocycles. The molecule has 4 rings (SSSR count). The van der Waals surface area contributed by atoms with Gasteiger partial charge in [0, 0.05) is 50.0 Å². The van der Waals surface area contributed by atoms with Crippen LogP contribution in [0.1, 0.15) is 18.3 Å². The number of para-hydroxylation sites is 1. The van der Waals surface area contributed by atoms with Crippen LogP contribution < -0.4 is 9.64 Å². The van der Waals surface area contributed by atoms with Crippen LogP contribution in [0.3, 0.4) is 0 Å². The van der Waals surface area contributed by atoms with Gasteiger partial charge in [0.25, 0.3) is 0 Å². The Morgan fingerprint density at radius 2 is 1.86 bits per heavy atom. The SMILES string of the molecule is C=C(C)CN1CCN(c2cc(C)nc3c(-c4ccccc4OC)c(C)nn23)CC1. The highest BCUT2D eigenvalue weighted by atomic mass is 16.5. The molecule has 1 aromatic carbocycles. The van der Waals surface area contributed by atoms with Crippen molar-refractivity contribution >= 4 is 11.5 Å². The molecule has 0 saturated carbocycles. The number of ether oxygens (including phenoxy) is 1.